The second-order valence-corrected chi connectivity index (χ2v) is 5.46. The minimum Gasteiger partial charge on any atom is -0.450 e. The molecule has 3 aromatic rings. The standard InChI is InChI=1S/C15H9BrClNO2/c16-10-5-3-4-9-8-13(20-14(9)10)15(19)18-12-7-2-1-6-11(12)17/h1-8H,(H,18,19). The largest absolute Gasteiger partial charge is 0.450 e. The third kappa shape index (κ3) is 2.44. The minimum atomic E-state index is -0.332. The Morgan fingerprint density at radius 2 is 1.95 bits per heavy atom. The van der Waals surface area contributed by atoms with Crippen LogP contribution >= 0.6 is 27.5 Å². The molecule has 1 heterocycles. The van der Waals surface area contributed by atoms with Gasteiger partial charge in [-0.1, -0.05) is 35.9 Å². The van der Waals surface area contributed by atoms with Crippen molar-refractivity contribution in [3.05, 3.63) is 63.8 Å². The van der Waals surface area contributed by atoms with E-state index in [1.54, 1.807) is 30.3 Å². The number of rotatable bonds is 2. The number of hydrogen-bond acceptors (Lipinski definition) is 2. The van der Waals surface area contributed by atoms with Gasteiger partial charge in [-0.15, -0.1) is 0 Å². The summed E-state index contributed by atoms with van der Waals surface area (Å²) < 4.78 is 6.38. The van der Waals surface area contributed by atoms with Gasteiger partial charge < -0.3 is 9.73 Å². The normalized spacial score (nSPS) is 10.7. The van der Waals surface area contributed by atoms with E-state index >= 15 is 0 Å². The molecule has 20 heavy (non-hydrogen) atoms. The molecule has 0 saturated heterocycles. The number of carbonyl (C=O) groups excluding carboxylic acids is 1. The lowest BCUT2D eigenvalue weighted by atomic mass is 10.2. The number of para-hydroxylation sites is 2. The van der Waals surface area contributed by atoms with Gasteiger partial charge in [-0.25, -0.2) is 0 Å². The van der Waals surface area contributed by atoms with Gasteiger partial charge in [0.1, 0.15) is 5.58 Å². The van der Waals surface area contributed by atoms with Gasteiger partial charge in [0, 0.05) is 5.39 Å². The van der Waals surface area contributed by atoms with Crippen molar-refractivity contribution in [1.29, 1.82) is 0 Å². The van der Waals surface area contributed by atoms with E-state index in [1.807, 2.05) is 18.2 Å². The number of furan rings is 1. The Hall–Kier alpha value is -1.78. The Bertz CT molecular complexity index is 797. The predicted molar refractivity (Wildman–Crippen MR) is 83.3 cm³/mol. The molecule has 0 fully saturated rings. The molecular formula is C15H9BrClNO2. The summed E-state index contributed by atoms with van der Waals surface area (Å²) in [6.07, 6.45) is 0. The zero-order valence-electron chi connectivity index (χ0n) is 10.2. The summed E-state index contributed by atoms with van der Waals surface area (Å²) in [6, 6.07) is 14.4. The molecule has 100 valence electrons. The summed E-state index contributed by atoms with van der Waals surface area (Å²) in [6.45, 7) is 0. The molecule has 0 saturated carbocycles. The van der Waals surface area contributed by atoms with Gasteiger partial charge in [0.2, 0.25) is 0 Å². The molecule has 2 aromatic carbocycles. The van der Waals surface area contributed by atoms with Crippen LogP contribution in [-0.4, -0.2) is 5.91 Å². The van der Waals surface area contributed by atoms with Gasteiger partial charge in [0.25, 0.3) is 5.91 Å². The summed E-state index contributed by atoms with van der Waals surface area (Å²) >= 11 is 9.40. The second-order valence-electron chi connectivity index (χ2n) is 4.20. The van der Waals surface area contributed by atoms with Gasteiger partial charge in [-0.05, 0) is 40.2 Å². The fraction of sp³-hybridized carbons (Fsp3) is 0. The van der Waals surface area contributed by atoms with Crippen molar-refractivity contribution in [3.63, 3.8) is 0 Å². The smallest absolute Gasteiger partial charge is 0.291 e. The third-order valence-electron chi connectivity index (χ3n) is 2.84. The van der Waals surface area contributed by atoms with Gasteiger partial charge in [-0.3, -0.25) is 4.79 Å². The van der Waals surface area contributed by atoms with Gasteiger partial charge in [0.15, 0.2) is 5.76 Å². The number of anilines is 1. The van der Waals surface area contributed by atoms with Crippen molar-refractivity contribution in [2.24, 2.45) is 0 Å². The number of nitrogens with one attached hydrogen (secondary N) is 1. The van der Waals surface area contributed by atoms with Crippen LogP contribution in [0.15, 0.2) is 57.4 Å². The Balaban J connectivity index is 1.93. The second kappa shape index (κ2) is 5.31. The molecule has 5 heteroatoms. The van der Waals surface area contributed by atoms with Gasteiger partial charge in [0.05, 0.1) is 15.2 Å². The molecule has 0 aliphatic carbocycles. The average Bonchev–Trinajstić information content (AvgIpc) is 2.87. The number of hydrogen-bond donors (Lipinski definition) is 1. The SMILES string of the molecule is O=C(Nc1ccccc1Cl)c1cc2cccc(Br)c2o1. The van der Waals surface area contributed by atoms with E-state index in [0.717, 1.165) is 9.86 Å². The highest BCUT2D eigenvalue weighted by Gasteiger charge is 2.14. The van der Waals surface area contributed by atoms with Crippen LogP contribution in [0.4, 0.5) is 5.69 Å². The maximum absolute atomic E-state index is 12.2. The van der Waals surface area contributed by atoms with Crippen LogP contribution in [-0.2, 0) is 0 Å². The first-order valence-corrected chi connectivity index (χ1v) is 7.06. The maximum Gasteiger partial charge on any atom is 0.291 e. The monoisotopic (exact) mass is 349 g/mol. The van der Waals surface area contributed by atoms with E-state index in [2.05, 4.69) is 21.2 Å². The highest BCUT2D eigenvalue weighted by atomic mass is 79.9. The first-order valence-electron chi connectivity index (χ1n) is 5.89. The molecule has 3 rings (SSSR count). The molecule has 3 nitrogen and oxygen atoms in total. The molecule has 0 aliphatic heterocycles. The minimum absolute atomic E-state index is 0.242. The molecule has 1 aromatic heterocycles. The number of amides is 1. The molecule has 0 unspecified atom stereocenters. The summed E-state index contributed by atoms with van der Waals surface area (Å²) in [7, 11) is 0. The van der Waals surface area contributed by atoms with E-state index in [0.29, 0.717) is 16.3 Å². The Morgan fingerprint density at radius 3 is 2.70 bits per heavy atom. The van der Waals surface area contributed by atoms with Gasteiger partial charge in [-0.2, -0.15) is 0 Å². The Labute approximate surface area is 128 Å². The third-order valence-corrected chi connectivity index (χ3v) is 3.80. The van der Waals surface area contributed by atoms with Crippen molar-refractivity contribution in [1.82, 2.24) is 0 Å². The average molecular weight is 351 g/mol. The van der Waals surface area contributed by atoms with E-state index in [9.17, 15) is 4.79 Å². The first-order chi connectivity index (χ1) is 9.65. The molecule has 1 N–H and O–H groups in total. The van der Waals surface area contributed by atoms with Crippen molar-refractivity contribution >= 4 is 50.1 Å². The molecule has 0 atom stereocenters. The molecular weight excluding hydrogens is 342 g/mol. The number of fused-ring (bicyclic) bond motifs is 1. The predicted octanol–water partition coefficient (Wildman–Crippen LogP) is 5.10. The van der Waals surface area contributed by atoms with Crippen molar-refractivity contribution < 1.29 is 9.21 Å². The quantitative estimate of drug-likeness (QED) is 0.698. The summed E-state index contributed by atoms with van der Waals surface area (Å²) in [4.78, 5) is 12.2. The zero-order valence-corrected chi connectivity index (χ0v) is 12.5. The maximum atomic E-state index is 12.2. The molecule has 1 amide bonds. The molecule has 0 bridgehead atoms. The lowest BCUT2D eigenvalue weighted by Gasteiger charge is -2.04. The van der Waals surface area contributed by atoms with Crippen LogP contribution in [0, 0.1) is 0 Å². The number of benzene rings is 2. The summed E-state index contributed by atoms with van der Waals surface area (Å²) in [5, 5.41) is 4.08. The number of halogens is 2. The van der Waals surface area contributed by atoms with Crippen LogP contribution in [0.2, 0.25) is 5.02 Å². The van der Waals surface area contributed by atoms with Crippen LogP contribution in [0.3, 0.4) is 0 Å². The highest BCUT2D eigenvalue weighted by molar-refractivity contribution is 9.10. The topological polar surface area (TPSA) is 42.2 Å². The van der Waals surface area contributed by atoms with Crippen molar-refractivity contribution in [2.75, 3.05) is 5.32 Å². The Morgan fingerprint density at radius 1 is 1.15 bits per heavy atom. The lowest BCUT2D eigenvalue weighted by molar-refractivity contribution is 0.0998. The van der Waals surface area contributed by atoms with E-state index < -0.39 is 0 Å². The van der Waals surface area contributed by atoms with Crippen LogP contribution in [0.5, 0.6) is 0 Å². The first kappa shape index (κ1) is 13.2. The van der Waals surface area contributed by atoms with E-state index in [1.165, 1.54) is 0 Å². The highest BCUT2D eigenvalue weighted by Crippen LogP contribution is 2.28. The summed E-state index contributed by atoms with van der Waals surface area (Å²) in [5.41, 5.74) is 1.20. The Kier molecular flexibility index (Phi) is 3.51. The number of carbonyl (C=O) groups is 1. The molecule has 0 aliphatic rings. The van der Waals surface area contributed by atoms with Crippen molar-refractivity contribution in [2.45, 2.75) is 0 Å². The van der Waals surface area contributed by atoms with Crippen LogP contribution < -0.4 is 5.32 Å². The van der Waals surface area contributed by atoms with Crippen LogP contribution in [0.1, 0.15) is 10.6 Å². The lowest BCUT2D eigenvalue weighted by Crippen LogP contribution is -2.10. The van der Waals surface area contributed by atoms with E-state index in [-0.39, 0.29) is 11.7 Å². The fourth-order valence-electron chi connectivity index (χ4n) is 1.89. The molecule has 0 radical (unpaired) electrons. The van der Waals surface area contributed by atoms with Crippen molar-refractivity contribution in [3.8, 4) is 0 Å². The van der Waals surface area contributed by atoms with Crippen LogP contribution in [0.25, 0.3) is 11.0 Å². The summed E-state index contributed by atoms with van der Waals surface area (Å²) in [5.74, 6) is -0.0898. The fourth-order valence-corrected chi connectivity index (χ4v) is 2.53. The van der Waals surface area contributed by atoms with Gasteiger partial charge >= 0.3 is 0 Å². The zero-order chi connectivity index (χ0) is 14.1. The van der Waals surface area contributed by atoms with E-state index in [4.69, 9.17) is 16.0 Å². The molecule has 0 spiro atoms.